The summed E-state index contributed by atoms with van der Waals surface area (Å²) in [6.07, 6.45) is 2.10. The molecule has 0 saturated carbocycles. The Morgan fingerprint density at radius 3 is 2.60 bits per heavy atom. The molecule has 0 fully saturated rings. The molecule has 1 unspecified atom stereocenters. The predicted octanol–water partition coefficient (Wildman–Crippen LogP) is 0.0407. The first-order valence-electron chi connectivity index (χ1n) is 5.14. The molecule has 5 nitrogen and oxygen atoms in total. The molecular weight excluding hydrogens is 196 g/mol. The molecule has 0 bridgehead atoms. The molecule has 0 aliphatic heterocycles. The van der Waals surface area contributed by atoms with E-state index in [1.54, 1.807) is 0 Å². The van der Waals surface area contributed by atoms with Crippen molar-refractivity contribution in [3.8, 4) is 0 Å². The number of primary amides is 1. The maximum atomic E-state index is 11.0. The molecule has 0 spiro atoms. The Hall–Kier alpha value is -1.10. The number of unbranched alkanes of at least 4 members (excludes halogenated alkanes) is 1. The van der Waals surface area contributed by atoms with Gasteiger partial charge in [0.15, 0.2) is 0 Å². The summed E-state index contributed by atoms with van der Waals surface area (Å²) in [6, 6.07) is 0. The minimum atomic E-state index is -0.266. The molecule has 3 N–H and O–H groups in total. The number of amides is 1. The second kappa shape index (κ2) is 8.23. The van der Waals surface area contributed by atoms with Gasteiger partial charge in [-0.3, -0.25) is 9.59 Å². The molecule has 0 radical (unpaired) electrons. The third-order valence-corrected chi connectivity index (χ3v) is 2.08. The fourth-order valence-electron chi connectivity index (χ4n) is 1.15. The van der Waals surface area contributed by atoms with E-state index < -0.39 is 0 Å². The molecule has 1 atom stereocenters. The molecule has 0 aliphatic carbocycles. The van der Waals surface area contributed by atoms with Gasteiger partial charge >= 0.3 is 5.97 Å². The van der Waals surface area contributed by atoms with Crippen molar-refractivity contribution in [3.63, 3.8) is 0 Å². The Labute approximate surface area is 90.4 Å². The van der Waals surface area contributed by atoms with Gasteiger partial charge in [-0.15, -0.1) is 0 Å². The summed E-state index contributed by atoms with van der Waals surface area (Å²) >= 11 is 0. The van der Waals surface area contributed by atoms with E-state index in [0.717, 1.165) is 19.4 Å². The summed E-state index contributed by atoms with van der Waals surface area (Å²) in [7, 11) is 1.38. The van der Waals surface area contributed by atoms with Crippen molar-refractivity contribution in [1.29, 1.82) is 0 Å². The number of carbonyl (C=O) groups is 2. The molecule has 0 aliphatic rings. The van der Waals surface area contributed by atoms with E-state index in [9.17, 15) is 9.59 Å². The van der Waals surface area contributed by atoms with Crippen LogP contribution in [0.15, 0.2) is 0 Å². The first-order valence-corrected chi connectivity index (χ1v) is 5.14. The number of rotatable bonds is 8. The summed E-state index contributed by atoms with van der Waals surface area (Å²) in [5.74, 6) is -0.608. The number of carbonyl (C=O) groups excluding carboxylic acids is 2. The molecule has 15 heavy (non-hydrogen) atoms. The van der Waals surface area contributed by atoms with E-state index in [-0.39, 0.29) is 17.8 Å². The Morgan fingerprint density at radius 1 is 1.40 bits per heavy atom. The lowest BCUT2D eigenvalue weighted by Crippen LogP contribution is -2.28. The summed E-state index contributed by atoms with van der Waals surface area (Å²) in [5, 5.41) is 3.12. The standard InChI is InChI=1S/C10H20N2O3/c1-8(10(14)15-2)7-12-6-4-3-5-9(11)13/h8,12H,3-7H2,1-2H3,(H2,11,13). The normalized spacial score (nSPS) is 12.1. The molecule has 0 saturated heterocycles. The second-order valence-corrected chi connectivity index (χ2v) is 3.55. The number of hydrogen-bond donors (Lipinski definition) is 2. The molecule has 0 rings (SSSR count). The second-order valence-electron chi connectivity index (χ2n) is 3.55. The molecule has 0 aromatic heterocycles. The fourth-order valence-corrected chi connectivity index (χ4v) is 1.15. The number of nitrogens with two attached hydrogens (primary N) is 1. The van der Waals surface area contributed by atoms with Crippen molar-refractivity contribution in [2.75, 3.05) is 20.2 Å². The highest BCUT2D eigenvalue weighted by Crippen LogP contribution is 1.96. The number of methoxy groups -OCH3 is 1. The zero-order chi connectivity index (χ0) is 11.7. The van der Waals surface area contributed by atoms with Crippen LogP contribution in [0.3, 0.4) is 0 Å². The van der Waals surface area contributed by atoms with Crippen LogP contribution < -0.4 is 11.1 Å². The maximum Gasteiger partial charge on any atom is 0.309 e. The summed E-state index contributed by atoms with van der Waals surface area (Å²) in [4.78, 5) is 21.4. The third-order valence-electron chi connectivity index (χ3n) is 2.08. The van der Waals surface area contributed by atoms with E-state index >= 15 is 0 Å². The molecule has 5 heteroatoms. The first kappa shape index (κ1) is 13.9. The van der Waals surface area contributed by atoms with E-state index in [2.05, 4.69) is 10.1 Å². The molecule has 0 aromatic carbocycles. The minimum absolute atomic E-state index is 0.133. The van der Waals surface area contributed by atoms with Gasteiger partial charge in [-0.25, -0.2) is 0 Å². The van der Waals surface area contributed by atoms with Crippen LogP contribution in [-0.2, 0) is 14.3 Å². The zero-order valence-corrected chi connectivity index (χ0v) is 9.41. The van der Waals surface area contributed by atoms with Gasteiger partial charge in [-0.2, -0.15) is 0 Å². The van der Waals surface area contributed by atoms with Crippen LogP contribution in [0.4, 0.5) is 0 Å². The molecule has 1 amide bonds. The van der Waals surface area contributed by atoms with Crippen molar-refractivity contribution in [2.24, 2.45) is 11.7 Å². The summed E-state index contributed by atoms with van der Waals surface area (Å²) in [5.41, 5.74) is 4.99. The van der Waals surface area contributed by atoms with Crippen molar-refractivity contribution < 1.29 is 14.3 Å². The highest BCUT2D eigenvalue weighted by molar-refractivity contribution is 5.73. The quantitative estimate of drug-likeness (QED) is 0.443. The van der Waals surface area contributed by atoms with Gasteiger partial charge in [0.05, 0.1) is 13.0 Å². The van der Waals surface area contributed by atoms with Crippen LogP contribution in [-0.4, -0.2) is 32.1 Å². The van der Waals surface area contributed by atoms with Gasteiger partial charge in [0.1, 0.15) is 0 Å². The highest BCUT2D eigenvalue weighted by Gasteiger charge is 2.11. The Morgan fingerprint density at radius 2 is 2.07 bits per heavy atom. The van der Waals surface area contributed by atoms with Gasteiger partial charge in [0, 0.05) is 13.0 Å². The molecule has 88 valence electrons. The van der Waals surface area contributed by atoms with E-state index in [1.807, 2.05) is 6.92 Å². The lowest BCUT2D eigenvalue weighted by atomic mass is 10.2. The maximum absolute atomic E-state index is 11.0. The fraction of sp³-hybridized carbons (Fsp3) is 0.800. The Kier molecular flexibility index (Phi) is 7.62. The van der Waals surface area contributed by atoms with Gasteiger partial charge in [-0.1, -0.05) is 6.92 Å². The van der Waals surface area contributed by atoms with E-state index in [1.165, 1.54) is 7.11 Å². The van der Waals surface area contributed by atoms with Crippen LogP contribution in [0.1, 0.15) is 26.2 Å². The number of ether oxygens (including phenoxy) is 1. The SMILES string of the molecule is COC(=O)C(C)CNCCCCC(N)=O. The average molecular weight is 216 g/mol. The summed E-state index contributed by atoms with van der Waals surface area (Å²) in [6.45, 7) is 3.19. The predicted molar refractivity (Wildman–Crippen MR) is 57.1 cm³/mol. The summed E-state index contributed by atoms with van der Waals surface area (Å²) < 4.78 is 4.58. The smallest absolute Gasteiger partial charge is 0.309 e. The molecule has 0 heterocycles. The number of esters is 1. The molecular formula is C10H20N2O3. The highest BCUT2D eigenvalue weighted by atomic mass is 16.5. The largest absolute Gasteiger partial charge is 0.469 e. The van der Waals surface area contributed by atoms with Crippen LogP contribution in [0.5, 0.6) is 0 Å². The lowest BCUT2D eigenvalue weighted by molar-refractivity contribution is -0.144. The van der Waals surface area contributed by atoms with Crippen molar-refractivity contribution in [3.05, 3.63) is 0 Å². The molecule has 0 aromatic rings. The van der Waals surface area contributed by atoms with Crippen LogP contribution in [0, 0.1) is 5.92 Å². The monoisotopic (exact) mass is 216 g/mol. The average Bonchev–Trinajstić information content (AvgIpc) is 2.21. The zero-order valence-electron chi connectivity index (χ0n) is 9.41. The van der Waals surface area contributed by atoms with Gasteiger partial charge < -0.3 is 15.8 Å². The van der Waals surface area contributed by atoms with Crippen molar-refractivity contribution in [1.82, 2.24) is 5.32 Å². The Bertz CT molecular complexity index is 207. The van der Waals surface area contributed by atoms with E-state index in [4.69, 9.17) is 5.73 Å². The van der Waals surface area contributed by atoms with Crippen LogP contribution >= 0.6 is 0 Å². The van der Waals surface area contributed by atoms with Gasteiger partial charge in [0.2, 0.25) is 5.91 Å². The van der Waals surface area contributed by atoms with Gasteiger partial charge in [0.25, 0.3) is 0 Å². The topological polar surface area (TPSA) is 81.4 Å². The van der Waals surface area contributed by atoms with Crippen molar-refractivity contribution >= 4 is 11.9 Å². The van der Waals surface area contributed by atoms with Crippen LogP contribution in [0.2, 0.25) is 0 Å². The Balaban J connectivity index is 3.31. The number of nitrogens with one attached hydrogen (secondary N) is 1. The third kappa shape index (κ3) is 7.93. The van der Waals surface area contributed by atoms with Crippen molar-refractivity contribution in [2.45, 2.75) is 26.2 Å². The minimum Gasteiger partial charge on any atom is -0.469 e. The first-order chi connectivity index (χ1) is 7.07. The number of hydrogen-bond acceptors (Lipinski definition) is 4. The van der Waals surface area contributed by atoms with Crippen LogP contribution in [0.25, 0.3) is 0 Å². The van der Waals surface area contributed by atoms with E-state index in [0.29, 0.717) is 13.0 Å². The lowest BCUT2D eigenvalue weighted by Gasteiger charge is -2.09. The van der Waals surface area contributed by atoms with Gasteiger partial charge in [-0.05, 0) is 19.4 Å².